The average molecular weight is 339 g/mol. The molecule has 108 valence electrons. The van der Waals surface area contributed by atoms with E-state index in [1.807, 2.05) is 38.6 Å². The second kappa shape index (κ2) is 5.48. The third-order valence-corrected chi connectivity index (χ3v) is 4.57. The summed E-state index contributed by atoms with van der Waals surface area (Å²) in [6, 6.07) is 2.00. The van der Waals surface area contributed by atoms with E-state index in [-0.39, 0.29) is 0 Å². The second-order valence-electron chi connectivity index (χ2n) is 4.78. The summed E-state index contributed by atoms with van der Waals surface area (Å²) in [5, 5.41) is 4.44. The second-order valence-corrected chi connectivity index (χ2v) is 5.57. The number of nitrogens with zero attached hydrogens (tertiary/aromatic N) is 2. The van der Waals surface area contributed by atoms with Gasteiger partial charge in [0.1, 0.15) is 11.5 Å². The Morgan fingerprint density at radius 1 is 1.10 bits per heavy atom. The molecule has 5 heteroatoms. The minimum atomic E-state index is 0.851. The first-order valence-electron chi connectivity index (χ1n) is 6.34. The Hall–Kier alpha value is -1.49. The molecular weight excluding hydrogens is 320 g/mol. The Kier molecular flexibility index (Phi) is 4.09. The van der Waals surface area contributed by atoms with Crippen LogP contribution in [0.1, 0.15) is 16.8 Å². The average Bonchev–Trinajstić information content (AvgIpc) is 2.66. The molecule has 0 saturated heterocycles. The van der Waals surface area contributed by atoms with Crippen molar-refractivity contribution in [1.29, 1.82) is 0 Å². The number of aromatic nitrogens is 2. The fraction of sp³-hybridized carbons (Fsp3) is 0.400. The Morgan fingerprint density at radius 3 is 2.20 bits per heavy atom. The first-order valence-corrected chi connectivity index (χ1v) is 7.13. The number of halogens is 1. The van der Waals surface area contributed by atoms with Gasteiger partial charge in [0.05, 0.1) is 30.1 Å². The standard InChI is InChI=1S/C15H19BrN2O2/c1-8-9(2)15(20-6)11(7-12(8)19-5)14-13(16)10(3)17-18(14)4/h7H,1-6H3. The van der Waals surface area contributed by atoms with Gasteiger partial charge < -0.3 is 9.47 Å². The van der Waals surface area contributed by atoms with Crippen LogP contribution in [-0.4, -0.2) is 24.0 Å². The van der Waals surface area contributed by atoms with Crippen LogP contribution in [0, 0.1) is 20.8 Å². The Bertz CT molecular complexity index is 663. The van der Waals surface area contributed by atoms with Gasteiger partial charge in [0.25, 0.3) is 0 Å². The van der Waals surface area contributed by atoms with Crippen molar-refractivity contribution in [2.24, 2.45) is 7.05 Å². The van der Waals surface area contributed by atoms with Crippen molar-refractivity contribution in [3.63, 3.8) is 0 Å². The summed E-state index contributed by atoms with van der Waals surface area (Å²) in [4.78, 5) is 0. The molecule has 1 aromatic heterocycles. The van der Waals surface area contributed by atoms with Crippen molar-refractivity contribution in [2.75, 3.05) is 14.2 Å². The predicted molar refractivity (Wildman–Crippen MR) is 83.7 cm³/mol. The van der Waals surface area contributed by atoms with Crippen LogP contribution in [0.3, 0.4) is 0 Å². The Balaban J connectivity index is 2.82. The molecule has 20 heavy (non-hydrogen) atoms. The molecule has 4 nitrogen and oxygen atoms in total. The lowest BCUT2D eigenvalue weighted by Crippen LogP contribution is -2.01. The minimum absolute atomic E-state index is 0.851. The van der Waals surface area contributed by atoms with Crippen molar-refractivity contribution in [3.05, 3.63) is 27.4 Å². The zero-order valence-electron chi connectivity index (χ0n) is 12.7. The SMILES string of the molecule is COc1cc(-c2c(Br)c(C)nn2C)c(OC)c(C)c1C. The zero-order valence-corrected chi connectivity index (χ0v) is 14.3. The Labute approximate surface area is 127 Å². The van der Waals surface area contributed by atoms with Crippen LogP contribution < -0.4 is 9.47 Å². The third kappa shape index (κ3) is 2.20. The van der Waals surface area contributed by atoms with Gasteiger partial charge in [-0.25, -0.2) is 0 Å². The largest absolute Gasteiger partial charge is 0.496 e. The van der Waals surface area contributed by atoms with Gasteiger partial charge in [-0.3, -0.25) is 4.68 Å². The number of aryl methyl sites for hydroxylation is 2. The van der Waals surface area contributed by atoms with Crippen LogP contribution in [0.15, 0.2) is 10.5 Å². The molecule has 0 N–H and O–H groups in total. The maximum atomic E-state index is 5.61. The molecule has 1 heterocycles. The van der Waals surface area contributed by atoms with E-state index in [1.165, 1.54) is 0 Å². The minimum Gasteiger partial charge on any atom is -0.496 e. The number of hydrogen-bond donors (Lipinski definition) is 0. The van der Waals surface area contributed by atoms with Crippen LogP contribution >= 0.6 is 15.9 Å². The lowest BCUT2D eigenvalue weighted by Gasteiger charge is -2.17. The van der Waals surface area contributed by atoms with Crippen molar-refractivity contribution in [1.82, 2.24) is 9.78 Å². The summed E-state index contributed by atoms with van der Waals surface area (Å²) in [5.74, 6) is 1.70. The monoisotopic (exact) mass is 338 g/mol. The number of hydrogen-bond acceptors (Lipinski definition) is 3. The van der Waals surface area contributed by atoms with E-state index in [0.29, 0.717) is 0 Å². The summed E-state index contributed by atoms with van der Waals surface area (Å²) in [6.45, 7) is 6.04. The first-order chi connectivity index (χ1) is 9.42. The molecule has 2 rings (SSSR count). The van der Waals surface area contributed by atoms with Crippen molar-refractivity contribution >= 4 is 15.9 Å². The number of ether oxygens (including phenoxy) is 2. The molecule has 0 aliphatic rings. The fourth-order valence-corrected chi connectivity index (χ4v) is 2.99. The Morgan fingerprint density at radius 2 is 1.75 bits per heavy atom. The molecule has 0 spiro atoms. The molecule has 0 radical (unpaired) electrons. The number of benzene rings is 1. The van der Waals surface area contributed by atoms with Gasteiger partial charge in [0.2, 0.25) is 0 Å². The molecule has 0 atom stereocenters. The van der Waals surface area contributed by atoms with E-state index in [0.717, 1.165) is 44.0 Å². The van der Waals surface area contributed by atoms with Crippen LogP contribution in [0.4, 0.5) is 0 Å². The van der Waals surface area contributed by atoms with Gasteiger partial charge in [0, 0.05) is 12.6 Å². The predicted octanol–water partition coefficient (Wildman–Crippen LogP) is 3.79. The summed E-state index contributed by atoms with van der Waals surface area (Å²) in [7, 11) is 5.30. The fourth-order valence-electron chi connectivity index (χ4n) is 2.44. The summed E-state index contributed by atoms with van der Waals surface area (Å²) in [6.07, 6.45) is 0. The lowest BCUT2D eigenvalue weighted by molar-refractivity contribution is 0.399. The van der Waals surface area contributed by atoms with Crippen LogP contribution in [0.25, 0.3) is 11.3 Å². The third-order valence-electron chi connectivity index (χ3n) is 3.62. The van der Waals surface area contributed by atoms with Gasteiger partial charge in [-0.1, -0.05) is 0 Å². The molecule has 0 saturated carbocycles. The highest BCUT2D eigenvalue weighted by atomic mass is 79.9. The molecule has 0 aliphatic carbocycles. The number of methoxy groups -OCH3 is 2. The molecule has 0 amide bonds. The van der Waals surface area contributed by atoms with Gasteiger partial charge in [-0.15, -0.1) is 0 Å². The molecule has 0 bridgehead atoms. The van der Waals surface area contributed by atoms with E-state index in [4.69, 9.17) is 9.47 Å². The van der Waals surface area contributed by atoms with E-state index in [2.05, 4.69) is 21.0 Å². The molecule has 0 unspecified atom stereocenters. The molecule has 2 aromatic rings. The molecule has 1 aromatic carbocycles. The molecule has 0 aliphatic heterocycles. The molecular formula is C15H19BrN2O2. The maximum absolute atomic E-state index is 5.61. The highest BCUT2D eigenvalue weighted by molar-refractivity contribution is 9.10. The normalized spacial score (nSPS) is 10.8. The molecule has 0 fully saturated rings. The summed E-state index contributed by atoms with van der Waals surface area (Å²) >= 11 is 3.61. The van der Waals surface area contributed by atoms with E-state index < -0.39 is 0 Å². The summed E-state index contributed by atoms with van der Waals surface area (Å²) in [5.41, 5.74) is 5.07. The van der Waals surface area contributed by atoms with Crippen molar-refractivity contribution in [2.45, 2.75) is 20.8 Å². The van der Waals surface area contributed by atoms with E-state index in [1.54, 1.807) is 14.2 Å². The first kappa shape index (κ1) is 14.9. The number of rotatable bonds is 3. The zero-order chi connectivity index (χ0) is 15.0. The van der Waals surface area contributed by atoms with Crippen LogP contribution in [0.5, 0.6) is 11.5 Å². The summed E-state index contributed by atoms with van der Waals surface area (Å²) < 4.78 is 13.9. The lowest BCUT2D eigenvalue weighted by atomic mass is 10.0. The van der Waals surface area contributed by atoms with Gasteiger partial charge in [0.15, 0.2) is 0 Å². The topological polar surface area (TPSA) is 36.3 Å². The van der Waals surface area contributed by atoms with Gasteiger partial charge in [-0.05, 0) is 53.9 Å². The van der Waals surface area contributed by atoms with E-state index >= 15 is 0 Å². The maximum Gasteiger partial charge on any atom is 0.131 e. The van der Waals surface area contributed by atoms with Crippen molar-refractivity contribution < 1.29 is 9.47 Å². The van der Waals surface area contributed by atoms with Crippen LogP contribution in [0.2, 0.25) is 0 Å². The quantitative estimate of drug-likeness (QED) is 0.854. The highest BCUT2D eigenvalue weighted by Gasteiger charge is 2.21. The van der Waals surface area contributed by atoms with Crippen LogP contribution in [-0.2, 0) is 7.05 Å². The highest BCUT2D eigenvalue weighted by Crippen LogP contribution is 2.42. The smallest absolute Gasteiger partial charge is 0.131 e. The van der Waals surface area contributed by atoms with Gasteiger partial charge >= 0.3 is 0 Å². The van der Waals surface area contributed by atoms with Gasteiger partial charge in [-0.2, -0.15) is 5.10 Å². The van der Waals surface area contributed by atoms with Crippen molar-refractivity contribution in [3.8, 4) is 22.8 Å². The van der Waals surface area contributed by atoms with E-state index in [9.17, 15) is 0 Å².